The summed E-state index contributed by atoms with van der Waals surface area (Å²) in [6, 6.07) is -0.0644. The molecule has 4 rings (SSSR count). The highest BCUT2D eigenvalue weighted by Crippen LogP contribution is 2.64. The third-order valence-corrected chi connectivity index (χ3v) is 7.71. The van der Waals surface area contributed by atoms with Crippen LogP contribution in [0.2, 0.25) is 0 Å². The van der Waals surface area contributed by atoms with Crippen molar-refractivity contribution < 1.29 is 30.5 Å². The van der Waals surface area contributed by atoms with Crippen LogP contribution in [0.15, 0.2) is 11.6 Å². The Morgan fingerprint density at radius 2 is 2.08 bits per heavy atom. The van der Waals surface area contributed by atoms with Gasteiger partial charge in [-0.1, -0.05) is 25.5 Å². The standard InChI is InChI=1S/C19H30O5S/c1-18-9-7-13(24-25(21,22)23)11-12(18)3-4-14-15-5-6-17(20)19(15,2)10-8-16(14)18/h3,13-17,20H,4-11H2,1-2H3,(H,21,22,23)/t13-,14+,15+,16+,17-,18+,19+/m1/s1/i3D,7D2,11D2,13D. The second kappa shape index (κ2) is 5.78. The molecule has 0 aromatic heterocycles. The van der Waals surface area contributed by atoms with Crippen molar-refractivity contribution >= 4 is 10.4 Å². The molecule has 0 aromatic rings. The first-order valence-electron chi connectivity index (χ1n) is 12.0. The molecule has 3 saturated carbocycles. The minimum absolute atomic E-state index is 0.0236. The summed E-state index contributed by atoms with van der Waals surface area (Å²) in [7, 11) is -5.33. The summed E-state index contributed by atoms with van der Waals surface area (Å²) in [6.45, 7) is 3.77. The summed E-state index contributed by atoms with van der Waals surface area (Å²) in [5.41, 5.74) is -1.50. The van der Waals surface area contributed by atoms with E-state index in [0.717, 1.165) is 6.42 Å². The molecule has 2 N–H and O–H groups in total. The van der Waals surface area contributed by atoms with E-state index in [9.17, 15) is 18.1 Å². The molecule has 4 aliphatic rings. The van der Waals surface area contributed by atoms with Crippen LogP contribution in [-0.2, 0) is 14.6 Å². The Hall–Kier alpha value is -0.430. The third-order valence-electron chi connectivity index (χ3n) is 7.33. The molecule has 7 atom stereocenters. The maximum Gasteiger partial charge on any atom is 0.397 e. The van der Waals surface area contributed by atoms with Gasteiger partial charge >= 0.3 is 10.4 Å². The van der Waals surface area contributed by atoms with Gasteiger partial charge in [-0.05, 0) is 79.9 Å². The first-order valence-corrected chi connectivity index (χ1v) is 10.3. The van der Waals surface area contributed by atoms with E-state index in [-0.39, 0.29) is 41.2 Å². The monoisotopic (exact) mass is 376 g/mol. The van der Waals surface area contributed by atoms with Crippen molar-refractivity contribution in [2.45, 2.75) is 77.3 Å². The molecule has 4 aliphatic carbocycles. The summed E-state index contributed by atoms with van der Waals surface area (Å²) >= 11 is 0. The zero-order chi connectivity index (χ0) is 23.4. The minimum atomic E-state index is -5.33. The average molecular weight is 377 g/mol. The van der Waals surface area contributed by atoms with Crippen molar-refractivity contribution in [3.63, 3.8) is 0 Å². The van der Waals surface area contributed by atoms with Gasteiger partial charge in [-0.15, -0.1) is 0 Å². The molecule has 0 amide bonds. The maximum absolute atomic E-state index is 11.4. The van der Waals surface area contributed by atoms with Gasteiger partial charge in [0.2, 0.25) is 0 Å². The lowest BCUT2D eigenvalue weighted by Gasteiger charge is -2.57. The molecule has 25 heavy (non-hydrogen) atoms. The van der Waals surface area contributed by atoms with E-state index >= 15 is 0 Å². The van der Waals surface area contributed by atoms with Gasteiger partial charge in [-0.25, -0.2) is 4.18 Å². The number of fused-ring (bicyclic) bond motifs is 5. The van der Waals surface area contributed by atoms with Crippen molar-refractivity contribution in [1.29, 1.82) is 0 Å². The molecule has 5 nitrogen and oxygen atoms in total. The number of hydrogen-bond donors (Lipinski definition) is 2. The molecular weight excluding hydrogens is 340 g/mol. The summed E-state index contributed by atoms with van der Waals surface area (Å²) < 4.78 is 87.7. The number of hydrogen-bond acceptors (Lipinski definition) is 4. The maximum atomic E-state index is 11.4. The molecule has 3 fully saturated rings. The van der Waals surface area contributed by atoms with E-state index in [1.54, 1.807) is 6.92 Å². The van der Waals surface area contributed by atoms with Crippen LogP contribution in [0.5, 0.6) is 0 Å². The lowest BCUT2D eigenvalue weighted by molar-refractivity contribution is -0.0703. The highest BCUT2D eigenvalue weighted by molar-refractivity contribution is 7.80. The van der Waals surface area contributed by atoms with Crippen LogP contribution < -0.4 is 0 Å². The Morgan fingerprint density at radius 1 is 1.32 bits per heavy atom. The van der Waals surface area contributed by atoms with Crippen molar-refractivity contribution in [2.75, 3.05) is 0 Å². The van der Waals surface area contributed by atoms with Gasteiger partial charge < -0.3 is 5.11 Å². The third kappa shape index (κ3) is 2.80. The van der Waals surface area contributed by atoms with Gasteiger partial charge in [0.15, 0.2) is 0 Å². The molecule has 142 valence electrons. The number of aliphatic hydroxyl groups excluding tert-OH is 1. The molecule has 0 radical (unpaired) electrons. The number of rotatable bonds is 2. The van der Waals surface area contributed by atoms with Crippen LogP contribution in [0, 0.1) is 28.6 Å². The van der Waals surface area contributed by atoms with Crippen LogP contribution in [0.3, 0.4) is 0 Å². The van der Waals surface area contributed by atoms with E-state index in [0.29, 0.717) is 19.3 Å². The van der Waals surface area contributed by atoms with Gasteiger partial charge in [-0.3, -0.25) is 4.55 Å². The quantitative estimate of drug-likeness (QED) is 0.569. The SMILES string of the molecule is [2H]C1=C2C([2H])([2H])[C@]([2H])(OS(=O)(=O)O)C([2H])([2H])C[C@]2(C)[C@H]2CC[C@]3(C)[C@H](O)CC[C@H]3[C@@H]2C1. The van der Waals surface area contributed by atoms with Crippen molar-refractivity contribution in [1.82, 2.24) is 0 Å². The molecule has 0 heterocycles. The second-order valence-electron chi connectivity index (χ2n) is 8.51. The molecule has 0 unspecified atom stereocenters. The average Bonchev–Trinajstić information content (AvgIpc) is 2.86. The Kier molecular flexibility index (Phi) is 2.80. The van der Waals surface area contributed by atoms with Crippen LogP contribution in [0.25, 0.3) is 0 Å². The topological polar surface area (TPSA) is 83.8 Å². The molecule has 0 bridgehead atoms. The van der Waals surface area contributed by atoms with Gasteiger partial charge in [0, 0.05) is 5.48 Å². The second-order valence-corrected chi connectivity index (χ2v) is 9.53. The van der Waals surface area contributed by atoms with E-state index in [2.05, 4.69) is 11.1 Å². The lowest BCUT2D eigenvalue weighted by atomic mass is 9.48. The molecule has 0 aliphatic heterocycles. The van der Waals surface area contributed by atoms with Crippen LogP contribution in [-0.4, -0.2) is 30.3 Å². The highest BCUT2D eigenvalue weighted by atomic mass is 32.3. The molecule has 0 aromatic carbocycles. The Bertz CT molecular complexity index is 938. The fraction of sp³-hybridized carbons (Fsp3) is 0.895. The first-order chi connectivity index (χ1) is 13.9. The molecular formula is C19H30O5S. The lowest BCUT2D eigenvalue weighted by Crippen LogP contribution is -2.51. The van der Waals surface area contributed by atoms with E-state index < -0.39 is 47.2 Å². The van der Waals surface area contributed by atoms with Crippen LogP contribution in [0.4, 0.5) is 0 Å². The van der Waals surface area contributed by atoms with Gasteiger partial charge in [0.05, 0.1) is 14.9 Å². The van der Waals surface area contributed by atoms with E-state index in [4.69, 9.17) is 8.22 Å². The smallest absolute Gasteiger partial charge is 0.393 e. The summed E-state index contributed by atoms with van der Waals surface area (Å²) in [4.78, 5) is 0. The minimum Gasteiger partial charge on any atom is -0.393 e. The molecule has 0 saturated heterocycles. The highest BCUT2D eigenvalue weighted by Gasteiger charge is 2.58. The Morgan fingerprint density at radius 3 is 2.80 bits per heavy atom. The Balaban J connectivity index is 1.86. The fourth-order valence-electron chi connectivity index (χ4n) is 5.93. The number of aliphatic hydroxyl groups is 1. The van der Waals surface area contributed by atoms with Crippen LogP contribution in [0.1, 0.15) is 73.3 Å². The Labute approximate surface area is 159 Å². The van der Waals surface area contributed by atoms with Gasteiger partial charge in [0.1, 0.15) is 0 Å². The fourth-order valence-corrected chi connectivity index (χ4v) is 6.24. The summed E-state index contributed by atoms with van der Waals surface area (Å²) in [5.74, 6) is -0.0571. The normalized spacial score (nSPS) is 60.6. The van der Waals surface area contributed by atoms with Crippen molar-refractivity contribution in [3.05, 3.63) is 11.6 Å². The van der Waals surface area contributed by atoms with Crippen molar-refractivity contribution in [2.24, 2.45) is 28.6 Å². The van der Waals surface area contributed by atoms with Crippen molar-refractivity contribution in [3.8, 4) is 0 Å². The largest absolute Gasteiger partial charge is 0.397 e. The van der Waals surface area contributed by atoms with Crippen LogP contribution >= 0.6 is 0 Å². The van der Waals surface area contributed by atoms with Gasteiger partial charge in [-0.2, -0.15) is 8.42 Å². The number of allylic oxidation sites excluding steroid dienone is 1. The van der Waals surface area contributed by atoms with E-state index in [1.807, 2.05) is 0 Å². The predicted octanol–water partition coefficient (Wildman–Crippen LogP) is 3.50. The molecule has 0 spiro atoms. The zero-order valence-corrected chi connectivity index (χ0v) is 15.4. The molecule has 6 heteroatoms. The summed E-state index contributed by atoms with van der Waals surface area (Å²) in [5, 5.41) is 10.6. The zero-order valence-electron chi connectivity index (χ0n) is 20.6. The summed E-state index contributed by atoms with van der Waals surface area (Å²) in [6.07, 6.45) is -6.80. The van der Waals surface area contributed by atoms with E-state index in [1.165, 1.54) is 0 Å². The predicted molar refractivity (Wildman–Crippen MR) is 94.1 cm³/mol. The van der Waals surface area contributed by atoms with Gasteiger partial charge in [0.25, 0.3) is 0 Å². The first kappa shape index (κ1) is 12.1.